The zero-order valence-electron chi connectivity index (χ0n) is 13.7. The van der Waals surface area contributed by atoms with Crippen molar-refractivity contribution in [3.63, 3.8) is 0 Å². The van der Waals surface area contributed by atoms with E-state index in [-0.39, 0.29) is 11.8 Å². The molecule has 0 bridgehead atoms. The molecule has 3 rings (SSSR count). The first-order valence-corrected chi connectivity index (χ1v) is 8.65. The maximum absolute atomic E-state index is 12.3. The number of pyridine rings is 1. The first-order chi connectivity index (χ1) is 12.1. The first-order valence-electron chi connectivity index (χ1n) is 7.77. The van der Waals surface area contributed by atoms with E-state index in [1.807, 2.05) is 29.6 Å². The number of aromatic nitrogens is 1. The van der Waals surface area contributed by atoms with Crippen LogP contribution in [0, 0.1) is 0 Å². The summed E-state index contributed by atoms with van der Waals surface area (Å²) in [4.78, 5) is 28.9. The molecule has 0 radical (unpaired) electrons. The van der Waals surface area contributed by atoms with Crippen molar-refractivity contribution < 1.29 is 9.59 Å². The molecule has 0 unspecified atom stereocenters. The van der Waals surface area contributed by atoms with Gasteiger partial charge >= 0.3 is 0 Å². The Labute approximate surface area is 149 Å². The van der Waals surface area contributed by atoms with Gasteiger partial charge in [-0.15, -0.1) is 11.3 Å². The molecule has 2 amide bonds. The lowest BCUT2D eigenvalue weighted by atomic mass is 10.1. The fourth-order valence-corrected chi connectivity index (χ4v) is 3.16. The molecule has 0 aliphatic heterocycles. The lowest BCUT2D eigenvalue weighted by molar-refractivity contribution is -0.114. The maximum Gasteiger partial charge on any atom is 0.251 e. The SMILES string of the molecule is CC(=O)Nc1ccc(C(=O)NCc2cccnc2-c2cccs2)cc1. The van der Waals surface area contributed by atoms with Crippen molar-refractivity contribution in [2.24, 2.45) is 0 Å². The van der Waals surface area contributed by atoms with Crippen molar-refractivity contribution in [2.45, 2.75) is 13.5 Å². The van der Waals surface area contributed by atoms with Crippen LogP contribution in [0.1, 0.15) is 22.8 Å². The molecule has 2 aromatic heterocycles. The molecule has 25 heavy (non-hydrogen) atoms. The largest absolute Gasteiger partial charge is 0.348 e. The predicted octanol–water partition coefficient (Wildman–Crippen LogP) is 3.70. The van der Waals surface area contributed by atoms with Gasteiger partial charge in [0, 0.05) is 30.9 Å². The number of anilines is 1. The molecule has 0 spiro atoms. The minimum Gasteiger partial charge on any atom is -0.348 e. The molecular formula is C19H17N3O2S. The molecule has 2 heterocycles. The van der Waals surface area contributed by atoms with Gasteiger partial charge in [-0.05, 0) is 47.3 Å². The lowest BCUT2D eigenvalue weighted by Gasteiger charge is -2.09. The molecule has 0 saturated carbocycles. The van der Waals surface area contributed by atoms with Gasteiger partial charge < -0.3 is 10.6 Å². The normalized spacial score (nSPS) is 10.3. The highest BCUT2D eigenvalue weighted by Gasteiger charge is 2.10. The molecule has 126 valence electrons. The molecule has 1 aromatic carbocycles. The second-order valence-electron chi connectivity index (χ2n) is 5.43. The third-order valence-electron chi connectivity index (χ3n) is 3.55. The summed E-state index contributed by atoms with van der Waals surface area (Å²) in [7, 11) is 0. The van der Waals surface area contributed by atoms with E-state index in [1.54, 1.807) is 41.8 Å². The molecule has 0 saturated heterocycles. The zero-order chi connectivity index (χ0) is 17.6. The smallest absolute Gasteiger partial charge is 0.251 e. The van der Waals surface area contributed by atoms with Crippen LogP contribution < -0.4 is 10.6 Å². The fourth-order valence-electron chi connectivity index (χ4n) is 2.40. The summed E-state index contributed by atoms with van der Waals surface area (Å²) >= 11 is 1.62. The highest BCUT2D eigenvalue weighted by atomic mass is 32.1. The number of amides is 2. The third kappa shape index (κ3) is 4.30. The number of rotatable bonds is 5. The number of nitrogens with zero attached hydrogens (tertiary/aromatic N) is 1. The molecule has 3 aromatic rings. The Hall–Kier alpha value is -2.99. The maximum atomic E-state index is 12.3. The van der Waals surface area contributed by atoms with Gasteiger partial charge in [0.25, 0.3) is 5.91 Å². The molecule has 0 aliphatic rings. The Morgan fingerprint density at radius 3 is 2.56 bits per heavy atom. The van der Waals surface area contributed by atoms with E-state index in [4.69, 9.17) is 0 Å². The number of hydrogen-bond donors (Lipinski definition) is 2. The summed E-state index contributed by atoms with van der Waals surface area (Å²) in [6.07, 6.45) is 1.75. The van der Waals surface area contributed by atoms with E-state index in [2.05, 4.69) is 15.6 Å². The van der Waals surface area contributed by atoms with Gasteiger partial charge in [-0.25, -0.2) is 0 Å². The van der Waals surface area contributed by atoms with Gasteiger partial charge in [0.15, 0.2) is 0 Å². The topological polar surface area (TPSA) is 71.1 Å². The Balaban J connectivity index is 1.68. The second kappa shape index (κ2) is 7.72. The van der Waals surface area contributed by atoms with Crippen LogP contribution in [-0.4, -0.2) is 16.8 Å². The van der Waals surface area contributed by atoms with Crippen LogP contribution in [0.15, 0.2) is 60.1 Å². The Bertz CT molecular complexity index is 874. The van der Waals surface area contributed by atoms with Gasteiger partial charge in [-0.1, -0.05) is 12.1 Å². The standard InChI is InChI=1S/C19H17N3O2S/c1-13(23)22-16-8-6-14(7-9-16)19(24)21-12-15-4-2-10-20-18(15)17-5-3-11-25-17/h2-11H,12H2,1H3,(H,21,24)(H,22,23). The molecule has 2 N–H and O–H groups in total. The van der Waals surface area contributed by atoms with Crippen LogP contribution in [0.5, 0.6) is 0 Å². The zero-order valence-corrected chi connectivity index (χ0v) is 14.5. The summed E-state index contributed by atoms with van der Waals surface area (Å²) < 4.78 is 0. The van der Waals surface area contributed by atoms with E-state index in [9.17, 15) is 9.59 Å². The van der Waals surface area contributed by atoms with Crippen molar-refractivity contribution in [1.82, 2.24) is 10.3 Å². The average molecular weight is 351 g/mol. The highest BCUT2D eigenvalue weighted by Crippen LogP contribution is 2.25. The van der Waals surface area contributed by atoms with Gasteiger partial charge in [0.05, 0.1) is 10.6 Å². The molecular weight excluding hydrogens is 334 g/mol. The van der Waals surface area contributed by atoms with Gasteiger partial charge in [0.1, 0.15) is 0 Å². The Kier molecular flexibility index (Phi) is 5.20. The number of thiophene rings is 1. The lowest BCUT2D eigenvalue weighted by Crippen LogP contribution is -2.23. The third-order valence-corrected chi connectivity index (χ3v) is 4.43. The number of carbonyl (C=O) groups excluding carboxylic acids is 2. The van der Waals surface area contributed by atoms with Crippen molar-refractivity contribution in [3.05, 3.63) is 71.2 Å². The highest BCUT2D eigenvalue weighted by molar-refractivity contribution is 7.13. The van der Waals surface area contributed by atoms with E-state index in [0.717, 1.165) is 16.1 Å². The first kappa shape index (κ1) is 16.9. The van der Waals surface area contributed by atoms with E-state index >= 15 is 0 Å². The van der Waals surface area contributed by atoms with Crippen molar-refractivity contribution in [1.29, 1.82) is 0 Å². The fraction of sp³-hybridized carbons (Fsp3) is 0.105. The summed E-state index contributed by atoms with van der Waals surface area (Å²) in [6.45, 7) is 1.84. The minimum absolute atomic E-state index is 0.144. The van der Waals surface area contributed by atoms with Crippen LogP contribution in [0.3, 0.4) is 0 Å². The number of hydrogen-bond acceptors (Lipinski definition) is 4. The molecule has 6 heteroatoms. The number of carbonyl (C=O) groups is 2. The van der Waals surface area contributed by atoms with Gasteiger partial charge in [-0.3, -0.25) is 14.6 Å². The van der Waals surface area contributed by atoms with Crippen LogP contribution >= 0.6 is 11.3 Å². The summed E-state index contributed by atoms with van der Waals surface area (Å²) in [5.41, 5.74) is 3.05. The van der Waals surface area contributed by atoms with Crippen LogP contribution in [0.2, 0.25) is 0 Å². The molecule has 0 fully saturated rings. The van der Waals surface area contributed by atoms with Gasteiger partial charge in [-0.2, -0.15) is 0 Å². The summed E-state index contributed by atoms with van der Waals surface area (Å²) in [6, 6.07) is 14.6. The summed E-state index contributed by atoms with van der Waals surface area (Å²) in [5.74, 6) is -0.315. The average Bonchev–Trinajstić information content (AvgIpc) is 3.14. The quantitative estimate of drug-likeness (QED) is 0.736. The number of nitrogens with one attached hydrogen (secondary N) is 2. The number of benzene rings is 1. The predicted molar refractivity (Wildman–Crippen MR) is 99.5 cm³/mol. The van der Waals surface area contributed by atoms with Crippen LogP contribution in [0.25, 0.3) is 10.6 Å². The molecule has 0 aliphatic carbocycles. The van der Waals surface area contributed by atoms with E-state index < -0.39 is 0 Å². The van der Waals surface area contributed by atoms with Crippen molar-refractivity contribution in [2.75, 3.05) is 5.32 Å². The Morgan fingerprint density at radius 1 is 1.08 bits per heavy atom. The van der Waals surface area contributed by atoms with Crippen molar-refractivity contribution in [3.8, 4) is 10.6 Å². The second-order valence-corrected chi connectivity index (χ2v) is 6.38. The van der Waals surface area contributed by atoms with Crippen LogP contribution in [-0.2, 0) is 11.3 Å². The van der Waals surface area contributed by atoms with Crippen LogP contribution in [0.4, 0.5) is 5.69 Å². The van der Waals surface area contributed by atoms with Crippen molar-refractivity contribution >= 4 is 28.8 Å². The molecule has 0 atom stereocenters. The van der Waals surface area contributed by atoms with E-state index in [0.29, 0.717) is 17.8 Å². The monoisotopic (exact) mass is 351 g/mol. The Morgan fingerprint density at radius 2 is 1.88 bits per heavy atom. The van der Waals surface area contributed by atoms with Gasteiger partial charge in [0.2, 0.25) is 5.91 Å². The minimum atomic E-state index is -0.171. The summed E-state index contributed by atoms with van der Waals surface area (Å²) in [5, 5.41) is 7.59. The molecule has 5 nitrogen and oxygen atoms in total. The van der Waals surface area contributed by atoms with E-state index in [1.165, 1.54) is 6.92 Å².